The number of nitrogens with zero attached hydrogens (tertiary/aromatic N) is 2. The molecule has 0 fully saturated rings. The number of carbonyl (C=O) groups excluding carboxylic acids is 1. The molecule has 6 nitrogen and oxygen atoms in total. The number of benzene rings is 2. The largest absolute Gasteiger partial charge is 0.347 e. The molecule has 4 aromatic rings. The number of fused-ring (bicyclic) bond motifs is 1. The summed E-state index contributed by atoms with van der Waals surface area (Å²) in [5.41, 5.74) is 4.87. The molecule has 2 aromatic carbocycles. The number of H-pyrrole nitrogens is 2. The fraction of sp³-hybridized carbons (Fsp3) is 0.105. The van der Waals surface area contributed by atoms with E-state index in [9.17, 15) is 4.79 Å². The molecule has 0 aliphatic heterocycles. The average Bonchev–Trinajstić information content (AvgIpc) is 3.26. The molecule has 0 saturated heterocycles. The molecular formula is C19H16ClN5O. The minimum Gasteiger partial charge on any atom is -0.347 e. The third-order valence-electron chi connectivity index (χ3n) is 4.08. The fourth-order valence-corrected chi connectivity index (χ4v) is 2.90. The van der Waals surface area contributed by atoms with Crippen LogP contribution in [0.2, 0.25) is 5.02 Å². The van der Waals surface area contributed by atoms with Gasteiger partial charge in [0, 0.05) is 17.1 Å². The summed E-state index contributed by atoms with van der Waals surface area (Å²) in [5, 5.41) is 10.5. The molecule has 2 heterocycles. The van der Waals surface area contributed by atoms with Crippen molar-refractivity contribution in [1.82, 2.24) is 25.5 Å². The summed E-state index contributed by atoms with van der Waals surface area (Å²) < 4.78 is 0. The minimum absolute atomic E-state index is 0.210. The number of nitrogens with one attached hydrogen (secondary N) is 3. The first kappa shape index (κ1) is 16.4. The van der Waals surface area contributed by atoms with E-state index in [2.05, 4.69) is 25.5 Å². The maximum atomic E-state index is 12.4. The van der Waals surface area contributed by atoms with Crippen LogP contribution in [-0.4, -0.2) is 26.1 Å². The molecule has 4 rings (SSSR count). The van der Waals surface area contributed by atoms with Gasteiger partial charge in [-0.2, -0.15) is 5.10 Å². The van der Waals surface area contributed by atoms with Crippen LogP contribution in [0.3, 0.4) is 0 Å². The Morgan fingerprint density at radius 2 is 1.96 bits per heavy atom. The van der Waals surface area contributed by atoms with Gasteiger partial charge >= 0.3 is 0 Å². The molecule has 26 heavy (non-hydrogen) atoms. The van der Waals surface area contributed by atoms with Crippen molar-refractivity contribution in [3.05, 3.63) is 70.6 Å². The predicted octanol–water partition coefficient (Wildman–Crippen LogP) is 3.84. The van der Waals surface area contributed by atoms with E-state index in [-0.39, 0.29) is 5.91 Å². The van der Waals surface area contributed by atoms with Gasteiger partial charge in [0.2, 0.25) is 0 Å². The summed E-state index contributed by atoms with van der Waals surface area (Å²) in [6, 6.07) is 14.9. The highest BCUT2D eigenvalue weighted by atomic mass is 35.5. The van der Waals surface area contributed by atoms with Gasteiger partial charge in [-0.25, -0.2) is 4.98 Å². The smallest absolute Gasteiger partial charge is 0.269 e. The maximum Gasteiger partial charge on any atom is 0.269 e. The lowest BCUT2D eigenvalue weighted by atomic mass is 10.1. The van der Waals surface area contributed by atoms with Crippen LogP contribution in [0.25, 0.3) is 22.3 Å². The first-order valence-electron chi connectivity index (χ1n) is 8.13. The highest BCUT2D eigenvalue weighted by Gasteiger charge is 2.11. The zero-order valence-electron chi connectivity index (χ0n) is 14.0. The quantitative estimate of drug-likeness (QED) is 0.513. The van der Waals surface area contributed by atoms with Gasteiger partial charge in [-0.3, -0.25) is 9.89 Å². The van der Waals surface area contributed by atoms with Crippen molar-refractivity contribution in [2.45, 2.75) is 13.5 Å². The molecular weight excluding hydrogens is 350 g/mol. The van der Waals surface area contributed by atoms with Gasteiger partial charge in [0.15, 0.2) is 0 Å². The second-order valence-corrected chi connectivity index (χ2v) is 6.47. The lowest BCUT2D eigenvalue weighted by Gasteiger charge is -2.03. The van der Waals surface area contributed by atoms with Gasteiger partial charge in [-0.05, 0) is 42.8 Å². The van der Waals surface area contributed by atoms with Crippen molar-refractivity contribution in [3.8, 4) is 11.3 Å². The first-order valence-corrected chi connectivity index (χ1v) is 8.51. The third kappa shape index (κ3) is 3.32. The van der Waals surface area contributed by atoms with Crippen LogP contribution >= 0.6 is 11.6 Å². The number of carbonyl (C=O) groups is 1. The molecule has 1 amide bonds. The summed E-state index contributed by atoms with van der Waals surface area (Å²) in [5.74, 6) is 0.659. The van der Waals surface area contributed by atoms with Gasteiger partial charge in [0.25, 0.3) is 5.91 Å². The van der Waals surface area contributed by atoms with Crippen LogP contribution in [0.5, 0.6) is 0 Å². The Kier molecular flexibility index (Phi) is 4.18. The number of hydrogen-bond donors (Lipinski definition) is 3. The van der Waals surface area contributed by atoms with E-state index >= 15 is 0 Å². The van der Waals surface area contributed by atoms with E-state index in [1.54, 1.807) is 18.2 Å². The summed E-state index contributed by atoms with van der Waals surface area (Å²) in [6.45, 7) is 2.33. The second-order valence-electron chi connectivity index (χ2n) is 6.03. The number of aryl methyl sites for hydroxylation is 1. The molecule has 0 aliphatic rings. The van der Waals surface area contributed by atoms with Crippen molar-refractivity contribution >= 4 is 28.5 Å². The molecule has 0 aliphatic carbocycles. The molecule has 0 spiro atoms. The average molecular weight is 366 g/mol. The van der Waals surface area contributed by atoms with Crippen LogP contribution in [0.4, 0.5) is 0 Å². The number of halogens is 1. The standard InChI is InChI=1S/C19H16ClN5O/c1-11-22-15-7-2-12(8-17(15)23-11)10-21-19(26)18-9-16(24-25-18)13-3-5-14(20)6-4-13/h2-9H,10H2,1H3,(H,21,26)(H,22,23)(H,24,25). The summed E-state index contributed by atoms with van der Waals surface area (Å²) >= 11 is 5.89. The predicted molar refractivity (Wildman–Crippen MR) is 101 cm³/mol. The molecule has 3 N–H and O–H groups in total. The van der Waals surface area contributed by atoms with Crippen molar-refractivity contribution in [2.24, 2.45) is 0 Å². The Labute approximate surface area is 154 Å². The van der Waals surface area contributed by atoms with Crippen molar-refractivity contribution in [2.75, 3.05) is 0 Å². The number of aromatic nitrogens is 4. The number of amides is 1. The lowest BCUT2D eigenvalue weighted by Crippen LogP contribution is -2.23. The van der Waals surface area contributed by atoms with Crippen LogP contribution in [0, 0.1) is 6.92 Å². The maximum absolute atomic E-state index is 12.4. The molecule has 2 aromatic heterocycles. The van der Waals surface area contributed by atoms with Crippen LogP contribution in [0.15, 0.2) is 48.5 Å². The second kappa shape index (κ2) is 6.65. The van der Waals surface area contributed by atoms with E-state index in [0.29, 0.717) is 23.0 Å². The molecule has 0 bridgehead atoms. The number of imidazole rings is 1. The molecule has 0 atom stereocenters. The Morgan fingerprint density at radius 3 is 2.77 bits per heavy atom. The Balaban J connectivity index is 1.45. The van der Waals surface area contributed by atoms with E-state index in [0.717, 1.165) is 28.0 Å². The Hall–Kier alpha value is -3.12. The fourth-order valence-electron chi connectivity index (χ4n) is 2.78. The normalized spacial score (nSPS) is 11.0. The highest BCUT2D eigenvalue weighted by Crippen LogP contribution is 2.20. The van der Waals surface area contributed by atoms with Gasteiger partial charge in [0.05, 0.1) is 16.7 Å². The van der Waals surface area contributed by atoms with Crippen LogP contribution in [-0.2, 0) is 6.54 Å². The SMILES string of the molecule is Cc1nc2ccc(CNC(=O)c3cc(-c4ccc(Cl)cc4)n[nH]3)cc2[nH]1. The molecule has 0 radical (unpaired) electrons. The molecule has 7 heteroatoms. The van der Waals surface area contributed by atoms with Crippen LogP contribution in [0.1, 0.15) is 21.9 Å². The number of aromatic amines is 2. The number of hydrogen-bond acceptors (Lipinski definition) is 3. The number of rotatable bonds is 4. The van der Waals surface area contributed by atoms with E-state index in [1.165, 1.54) is 0 Å². The highest BCUT2D eigenvalue weighted by molar-refractivity contribution is 6.30. The Morgan fingerprint density at radius 1 is 1.15 bits per heavy atom. The van der Waals surface area contributed by atoms with Crippen LogP contribution < -0.4 is 5.32 Å². The van der Waals surface area contributed by atoms with Crippen molar-refractivity contribution < 1.29 is 4.79 Å². The molecule has 0 unspecified atom stereocenters. The molecule has 0 saturated carbocycles. The van der Waals surface area contributed by atoms with Gasteiger partial charge in [0.1, 0.15) is 11.5 Å². The molecule has 130 valence electrons. The Bertz CT molecular complexity index is 1080. The van der Waals surface area contributed by atoms with E-state index in [4.69, 9.17) is 11.6 Å². The van der Waals surface area contributed by atoms with E-state index < -0.39 is 0 Å². The summed E-state index contributed by atoms with van der Waals surface area (Å²) in [6.07, 6.45) is 0. The first-order chi connectivity index (χ1) is 12.6. The van der Waals surface area contributed by atoms with E-state index in [1.807, 2.05) is 37.3 Å². The minimum atomic E-state index is -0.210. The lowest BCUT2D eigenvalue weighted by molar-refractivity contribution is 0.0946. The summed E-state index contributed by atoms with van der Waals surface area (Å²) in [4.78, 5) is 19.9. The summed E-state index contributed by atoms with van der Waals surface area (Å²) in [7, 11) is 0. The van der Waals surface area contributed by atoms with Gasteiger partial charge < -0.3 is 10.3 Å². The monoisotopic (exact) mass is 365 g/mol. The van der Waals surface area contributed by atoms with Gasteiger partial charge in [-0.15, -0.1) is 0 Å². The zero-order chi connectivity index (χ0) is 18.1. The zero-order valence-corrected chi connectivity index (χ0v) is 14.8. The third-order valence-corrected chi connectivity index (χ3v) is 4.33. The van der Waals surface area contributed by atoms with Gasteiger partial charge in [-0.1, -0.05) is 29.8 Å². The van der Waals surface area contributed by atoms with Crippen molar-refractivity contribution in [1.29, 1.82) is 0 Å². The van der Waals surface area contributed by atoms with Crippen molar-refractivity contribution in [3.63, 3.8) is 0 Å². The topological polar surface area (TPSA) is 86.5 Å².